The van der Waals surface area contributed by atoms with Crippen LogP contribution < -0.4 is 11.0 Å². The van der Waals surface area contributed by atoms with E-state index in [1.54, 1.807) is 4.40 Å². The summed E-state index contributed by atoms with van der Waals surface area (Å²) in [7, 11) is 0. The highest BCUT2D eigenvalue weighted by atomic mass is 16.1. The molecule has 1 N–H and O–H groups in total. The summed E-state index contributed by atoms with van der Waals surface area (Å²) in [5.74, 6) is 0. The fourth-order valence-electron chi connectivity index (χ4n) is 7.72. The van der Waals surface area contributed by atoms with Gasteiger partial charge in [-0.2, -0.15) is 0 Å². The Labute approximate surface area is 234 Å². The molecular formula is C36H17N5O. The lowest BCUT2D eigenvalue weighted by Gasteiger charge is -2.18. The molecule has 4 heterocycles. The van der Waals surface area contributed by atoms with Crippen molar-refractivity contribution in [3.05, 3.63) is 113 Å². The lowest BCUT2D eigenvalue weighted by atomic mass is 9.86. The molecule has 0 amide bonds. The Kier molecular flexibility index (Phi) is 3.34. The zero-order valence-corrected chi connectivity index (χ0v) is 21.9. The van der Waals surface area contributed by atoms with Gasteiger partial charge in [0.1, 0.15) is 16.8 Å². The maximum Gasteiger partial charge on any atom is 0.264 e. The molecule has 0 aliphatic rings. The molecule has 0 bridgehead atoms. The van der Waals surface area contributed by atoms with Gasteiger partial charge in [0.15, 0.2) is 0 Å². The zero-order valence-electron chi connectivity index (χ0n) is 21.9. The van der Waals surface area contributed by atoms with E-state index in [1.807, 2.05) is 59.0 Å². The van der Waals surface area contributed by atoms with Crippen molar-refractivity contribution in [3.63, 3.8) is 0 Å². The highest BCUT2D eigenvalue weighted by Gasteiger charge is 2.23. The van der Waals surface area contributed by atoms with Crippen molar-refractivity contribution in [2.45, 2.75) is 0 Å². The van der Waals surface area contributed by atoms with Crippen molar-refractivity contribution in [2.75, 3.05) is 0 Å². The van der Waals surface area contributed by atoms with Crippen LogP contribution in [0.15, 0.2) is 102 Å². The molecule has 0 fully saturated rings. The van der Waals surface area contributed by atoms with Crippen molar-refractivity contribution in [1.82, 2.24) is 18.8 Å². The van der Waals surface area contributed by atoms with E-state index in [0.717, 1.165) is 87.0 Å². The van der Waals surface area contributed by atoms with Crippen molar-refractivity contribution in [3.8, 4) is 0 Å². The van der Waals surface area contributed by atoms with Gasteiger partial charge in [-0.05, 0) is 80.8 Å². The number of imidazole rings is 2. The number of hydrogen-bond donors (Lipinski definition) is 1. The Morgan fingerprint density at radius 2 is 0.857 bits per heavy atom. The molecule has 0 aliphatic carbocycles. The van der Waals surface area contributed by atoms with E-state index < -0.39 is 0 Å². The number of aromatic nitrogens is 4. The molecule has 42 heavy (non-hydrogen) atoms. The fourth-order valence-corrected chi connectivity index (χ4v) is 7.72. The van der Waals surface area contributed by atoms with Crippen LogP contribution in [0.1, 0.15) is 0 Å². The first kappa shape index (κ1) is 20.9. The second-order valence-corrected chi connectivity index (χ2v) is 11.3. The Hall–Kier alpha value is -5.88. The highest BCUT2D eigenvalue weighted by molar-refractivity contribution is 6.40. The lowest BCUT2D eigenvalue weighted by molar-refractivity contribution is 1.07. The number of rotatable bonds is 0. The monoisotopic (exact) mass is 535 g/mol. The standard InChI is InChI=1S/C36H17N5O/c37-33-21-13-9-17-19-11-15-23-32-24(36(42)41-28-8-4-2-6-26(28)39-35(23)41)16-12-20(30(19)32)18-10-14-22(31(21)29(17)18)34-38-25-5-1-3-7-27(25)40(33)34/h1-16,37H. The van der Waals surface area contributed by atoms with Crippen LogP contribution in [0.4, 0.5) is 0 Å². The normalized spacial score (nSPS) is 13.0. The summed E-state index contributed by atoms with van der Waals surface area (Å²) < 4.78 is 3.73. The van der Waals surface area contributed by atoms with Gasteiger partial charge in [-0.15, -0.1) is 0 Å². The Morgan fingerprint density at radius 3 is 1.45 bits per heavy atom. The van der Waals surface area contributed by atoms with E-state index in [-0.39, 0.29) is 5.56 Å². The number of para-hydroxylation sites is 4. The van der Waals surface area contributed by atoms with Gasteiger partial charge in [0.05, 0.1) is 22.1 Å². The molecule has 0 unspecified atom stereocenters. The minimum absolute atomic E-state index is 0.0432. The van der Waals surface area contributed by atoms with Crippen molar-refractivity contribution >= 4 is 98.0 Å². The first-order valence-corrected chi connectivity index (χ1v) is 14.0. The molecule has 0 spiro atoms. The molecule has 0 aliphatic heterocycles. The summed E-state index contributed by atoms with van der Waals surface area (Å²) >= 11 is 0. The SMILES string of the molecule is N=c1c2ccc3c4ccc5c6c(ccc(c7ccc(c2c73)c2nc3ccccc3n12)c46)c(=O)n1c2ccccc2nc51. The lowest BCUT2D eigenvalue weighted by Crippen LogP contribution is -2.14. The van der Waals surface area contributed by atoms with E-state index in [4.69, 9.17) is 9.97 Å². The average Bonchev–Trinajstić information content (AvgIpc) is 3.61. The molecule has 0 atom stereocenters. The van der Waals surface area contributed by atoms with Crippen molar-refractivity contribution in [2.24, 2.45) is 0 Å². The maximum absolute atomic E-state index is 14.0. The number of pyridine rings is 2. The third-order valence-corrected chi connectivity index (χ3v) is 9.42. The molecular weight excluding hydrogens is 518 g/mol. The number of benzene rings is 7. The van der Waals surface area contributed by atoms with Gasteiger partial charge in [-0.1, -0.05) is 48.5 Å². The maximum atomic E-state index is 14.0. The van der Waals surface area contributed by atoms with Gasteiger partial charge >= 0.3 is 0 Å². The highest BCUT2D eigenvalue weighted by Crippen LogP contribution is 2.45. The second-order valence-electron chi connectivity index (χ2n) is 11.3. The summed E-state index contributed by atoms with van der Waals surface area (Å²) in [6.45, 7) is 0. The molecule has 6 heteroatoms. The van der Waals surface area contributed by atoms with E-state index in [1.165, 1.54) is 0 Å². The van der Waals surface area contributed by atoms with Crippen molar-refractivity contribution < 1.29 is 0 Å². The minimum atomic E-state index is -0.0432. The number of nitrogens with zero attached hydrogens (tertiary/aromatic N) is 4. The van der Waals surface area contributed by atoms with Crippen LogP contribution >= 0.6 is 0 Å². The van der Waals surface area contributed by atoms with Gasteiger partial charge in [-0.3, -0.25) is 19.0 Å². The zero-order chi connectivity index (χ0) is 27.4. The number of fused-ring (bicyclic) bond motifs is 10. The topological polar surface area (TPSA) is 75.5 Å². The molecule has 6 nitrogen and oxygen atoms in total. The van der Waals surface area contributed by atoms with Gasteiger partial charge in [0.25, 0.3) is 5.56 Å². The quantitative estimate of drug-likeness (QED) is 0.163. The number of nitrogens with one attached hydrogen (secondary N) is 1. The molecule has 192 valence electrons. The third kappa shape index (κ3) is 2.14. The molecule has 7 aromatic carbocycles. The molecule has 0 radical (unpaired) electrons. The summed E-state index contributed by atoms with van der Waals surface area (Å²) in [5, 5.41) is 21.6. The largest absolute Gasteiger partial charge is 0.283 e. The van der Waals surface area contributed by atoms with Gasteiger partial charge in [-0.25, -0.2) is 9.97 Å². The number of hydrogen-bond acceptors (Lipinski definition) is 4. The molecule has 0 saturated heterocycles. The van der Waals surface area contributed by atoms with Gasteiger partial charge in [0.2, 0.25) is 0 Å². The Bertz CT molecular complexity index is 2880. The molecule has 11 aromatic rings. The molecule has 4 aromatic heterocycles. The molecule has 11 rings (SSSR count). The van der Waals surface area contributed by atoms with E-state index in [2.05, 4.69) is 42.5 Å². The van der Waals surface area contributed by atoms with E-state index >= 15 is 0 Å². The van der Waals surface area contributed by atoms with Crippen LogP contribution in [0.3, 0.4) is 0 Å². The van der Waals surface area contributed by atoms with Gasteiger partial charge < -0.3 is 0 Å². The van der Waals surface area contributed by atoms with E-state index in [9.17, 15) is 10.2 Å². The minimum Gasteiger partial charge on any atom is -0.283 e. The van der Waals surface area contributed by atoms with E-state index in [0.29, 0.717) is 16.5 Å². The first-order chi connectivity index (χ1) is 20.7. The van der Waals surface area contributed by atoms with Crippen LogP contribution in [-0.2, 0) is 0 Å². The second kappa shape index (κ2) is 6.70. The van der Waals surface area contributed by atoms with Gasteiger partial charge in [0, 0.05) is 32.3 Å². The van der Waals surface area contributed by atoms with Crippen LogP contribution in [0.25, 0.3) is 98.0 Å². The summed E-state index contributed by atoms with van der Waals surface area (Å²) in [6, 6.07) is 32.8. The third-order valence-electron chi connectivity index (χ3n) is 9.42. The summed E-state index contributed by atoms with van der Waals surface area (Å²) in [6.07, 6.45) is 0. The van der Waals surface area contributed by atoms with Crippen LogP contribution in [0, 0.1) is 5.41 Å². The predicted molar refractivity (Wildman–Crippen MR) is 170 cm³/mol. The smallest absolute Gasteiger partial charge is 0.264 e. The average molecular weight is 536 g/mol. The van der Waals surface area contributed by atoms with Crippen LogP contribution in [0.2, 0.25) is 0 Å². The fraction of sp³-hybridized carbons (Fsp3) is 0. The molecule has 0 saturated carbocycles. The predicted octanol–water partition coefficient (Wildman–Crippen LogP) is 7.36. The Morgan fingerprint density at radius 1 is 0.452 bits per heavy atom. The summed E-state index contributed by atoms with van der Waals surface area (Å²) in [4.78, 5) is 23.9. The van der Waals surface area contributed by atoms with Crippen molar-refractivity contribution in [1.29, 1.82) is 5.41 Å². The van der Waals surface area contributed by atoms with Crippen LogP contribution in [-0.4, -0.2) is 18.8 Å². The summed E-state index contributed by atoms with van der Waals surface area (Å²) in [5.41, 5.74) is 5.37. The first-order valence-electron chi connectivity index (χ1n) is 14.0. The Balaban J connectivity index is 1.41. The van der Waals surface area contributed by atoms with Crippen LogP contribution in [0.5, 0.6) is 0 Å².